The highest BCUT2D eigenvalue weighted by Gasteiger charge is 2.40. The summed E-state index contributed by atoms with van der Waals surface area (Å²) in [5.41, 5.74) is 7.00. The van der Waals surface area contributed by atoms with Crippen LogP contribution in [-0.2, 0) is 9.59 Å². The third-order valence-electron chi connectivity index (χ3n) is 5.43. The van der Waals surface area contributed by atoms with Gasteiger partial charge < -0.3 is 20.8 Å². The molecule has 2 rings (SSSR count). The Morgan fingerprint density at radius 1 is 1.39 bits per heavy atom. The van der Waals surface area contributed by atoms with Crippen molar-refractivity contribution < 1.29 is 24.2 Å². The van der Waals surface area contributed by atoms with Crippen LogP contribution in [-0.4, -0.2) is 64.3 Å². The van der Waals surface area contributed by atoms with Crippen LogP contribution in [0.15, 0.2) is 18.2 Å². The van der Waals surface area contributed by atoms with E-state index in [0.29, 0.717) is 12.2 Å². The summed E-state index contributed by atoms with van der Waals surface area (Å²) in [4.78, 5) is 27.2. The number of carboxylic acids is 1. The molecule has 3 atom stereocenters. The van der Waals surface area contributed by atoms with Gasteiger partial charge in [-0.15, -0.1) is 0 Å². The van der Waals surface area contributed by atoms with Crippen LogP contribution in [0.2, 0.25) is 0 Å². The zero-order chi connectivity index (χ0) is 21.2. The van der Waals surface area contributed by atoms with E-state index in [-0.39, 0.29) is 25.4 Å². The molecule has 1 aromatic rings. The summed E-state index contributed by atoms with van der Waals surface area (Å²) in [6, 6.07) is 3.69. The maximum Gasteiger partial charge on any atom is 0.306 e. The van der Waals surface area contributed by atoms with Crippen molar-refractivity contribution in [2.24, 2.45) is 11.7 Å². The molecule has 1 heterocycles. The second-order valence-corrected chi connectivity index (χ2v) is 8.31. The molecule has 0 unspecified atom stereocenters. The monoisotopic (exact) mass is 395 g/mol. The van der Waals surface area contributed by atoms with Gasteiger partial charge >= 0.3 is 5.97 Å². The lowest BCUT2D eigenvalue weighted by molar-refractivity contribution is -0.142. The minimum atomic E-state index is -0.986. The van der Waals surface area contributed by atoms with Crippen molar-refractivity contribution >= 4 is 17.6 Å². The van der Waals surface area contributed by atoms with Gasteiger partial charge in [0.05, 0.1) is 18.6 Å². The van der Waals surface area contributed by atoms with Gasteiger partial charge in [0, 0.05) is 30.4 Å². The molecule has 1 amide bonds. The Balaban J connectivity index is 2.10. The minimum Gasteiger partial charge on any atom is -0.481 e. The smallest absolute Gasteiger partial charge is 0.306 e. The second kappa shape index (κ2) is 8.55. The molecule has 0 spiro atoms. The molecule has 7 nitrogen and oxygen atoms in total. The predicted molar refractivity (Wildman–Crippen MR) is 105 cm³/mol. The molecule has 0 radical (unpaired) electrons. The molecular weight excluding hydrogens is 365 g/mol. The fourth-order valence-corrected chi connectivity index (χ4v) is 3.46. The summed E-state index contributed by atoms with van der Waals surface area (Å²) in [5.74, 6) is -2.26. The van der Waals surface area contributed by atoms with Gasteiger partial charge in [0.1, 0.15) is 5.82 Å². The SMILES string of the molecule is Cc1ccc(F)cc1N1CC(C)(C)N(C[C@H](N)[C@@H](O)C[C@@H](C)C(=O)O)CC1=O. The first kappa shape index (κ1) is 22.3. The summed E-state index contributed by atoms with van der Waals surface area (Å²) in [6.07, 6.45) is -0.937. The van der Waals surface area contributed by atoms with E-state index in [0.717, 1.165) is 5.56 Å². The fraction of sp³-hybridized carbons (Fsp3) is 0.600. The molecule has 0 bridgehead atoms. The molecule has 1 fully saturated rings. The van der Waals surface area contributed by atoms with Crippen molar-refractivity contribution in [2.45, 2.75) is 51.8 Å². The predicted octanol–water partition coefficient (Wildman–Crippen LogP) is 1.36. The molecule has 0 aromatic heterocycles. The summed E-state index contributed by atoms with van der Waals surface area (Å²) in [7, 11) is 0. The normalized spacial score (nSPS) is 20.7. The first-order chi connectivity index (χ1) is 12.9. The molecule has 1 aliphatic heterocycles. The van der Waals surface area contributed by atoms with Gasteiger partial charge in [0.25, 0.3) is 0 Å². The maximum absolute atomic E-state index is 13.7. The lowest BCUT2D eigenvalue weighted by Gasteiger charge is -2.48. The molecule has 0 saturated carbocycles. The van der Waals surface area contributed by atoms with Crippen LogP contribution < -0.4 is 10.6 Å². The van der Waals surface area contributed by atoms with Crippen molar-refractivity contribution in [3.8, 4) is 0 Å². The van der Waals surface area contributed by atoms with E-state index in [4.69, 9.17) is 10.8 Å². The Hall–Kier alpha value is -2.03. The highest BCUT2D eigenvalue weighted by atomic mass is 19.1. The van der Waals surface area contributed by atoms with Crippen LogP contribution in [0.3, 0.4) is 0 Å². The van der Waals surface area contributed by atoms with E-state index in [1.807, 2.05) is 25.7 Å². The van der Waals surface area contributed by atoms with E-state index >= 15 is 0 Å². The number of aliphatic carboxylic acids is 1. The number of nitrogens with two attached hydrogens (primary N) is 1. The highest BCUT2D eigenvalue weighted by Crippen LogP contribution is 2.29. The largest absolute Gasteiger partial charge is 0.481 e. The van der Waals surface area contributed by atoms with Crippen LogP contribution in [0.5, 0.6) is 0 Å². The van der Waals surface area contributed by atoms with Gasteiger partial charge in [-0.2, -0.15) is 0 Å². The van der Waals surface area contributed by atoms with E-state index in [2.05, 4.69) is 0 Å². The van der Waals surface area contributed by atoms with Gasteiger partial charge in [-0.25, -0.2) is 4.39 Å². The summed E-state index contributed by atoms with van der Waals surface area (Å²) < 4.78 is 13.7. The Bertz CT molecular complexity index is 740. The molecule has 28 heavy (non-hydrogen) atoms. The second-order valence-electron chi connectivity index (χ2n) is 8.31. The van der Waals surface area contributed by atoms with Crippen LogP contribution in [0.1, 0.15) is 32.8 Å². The molecular formula is C20H30FN3O4. The minimum absolute atomic E-state index is 0.0489. The van der Waals surface area contributed by atoms with E-state index < -0.39 is 35.4 Å². The number of rotatable bonds is 7. The van der Waals surface area contributed by atoms with Gasteiger partial charge in [-0.05, 0) is 44.9 Å². The number of aliphatic hydroxyl groups excluding tert-OH is 1. The lowest BCUT2D eigenvalue weighted by Crippen LogP contribution is -2.64. The number of carbonyl (C=O) groups is 2. The third kappa shape index (κ3) is 5.06. The zero-order valence-electron chi connectivity index (χ0n) is 16.9. The average molecular weight is 395 g/mol. The number of piperazine rings is 1. The Morgan fingerprint density at radius 2 is 2.04 bits per heavy atom. The first-order valence-electron chi connectivity index (χ1n) is 9.40. The van der Waals surface area contributed by atoms with Crippen molar-refractivity contribution in [3.05, 3.63) is 29.6 Å². The number of halogens is 1. The number of carboxylic acid groups (broad SMARTS) is 1. The standard InChI is InChI=1S/C20H30FN3O4/c1-12-5-6-14(21)8-16(12)24-11-20(3,4)23(10-18(24)26)9-15(22)17(25)7-13(2)19(27)28/h5-6,8,13,15,17,25H,7,9-11,22H2,1-4H3,(H,27,28)/t13-,15+,17+/m1/s1. The number of nitrogens with zero attached hydrogens (tertiary/aromatic N) is 2. The molecule has 8 heteroatoms. The zero-order valence-corrected chi connectivity index (χ0v) is 16.9. The summed E-state index contributed by atoms with van der Waals surface area (Å²) in [6.45, 7) is 7.95. The van der Waals surface area contributed by atoms with Crippen LogP contribution in [0, 0.1) is 18.7 Å². The van der Waals surface area contributed by atoms with E-state index in [9.17, 15) is 19.1 Å². The molecule has 0 aliphatic carbocycles. The maximum atomic E-state index is 13.7. The third-order valence-corrected chi connectivity index (χ3v) is 5.43. The molecule has 1 aliphatic rings. The number of hydrogen-bond acceptors (Lipinski definition) is 5. The van der Waals surface area contributed by atoms with Crippen molar-refractivity contribution in [2.75, 3.05) is 24.5 Å². The molecule has 1 aromatic carbocycles. The summed E-state index contributed by atoms with van der Waals surface area (Å²) in [5, 5.41) is 19.2. The van der Waals surface area contributed by atoms with Gasteiger partial charge in [0.15, 0.2) is 0 Å². The average Bonchev–Trinajstić information content (AvgIpc) is 2.59. The molecule has 4 N–H and O–H groups in total. The van der Waals surface area contributed by atoms with Gasteiger partial charge in [-0.3, -0.25) is 14.5 Å². The number of hydrogen-bond donors (Lipinski definition) is 3. The topological polar surface area (TPSA) is 107 Å². The Labute approximate surface area is 164 Å². The van der Waals surface area contributed by atoms with Gasteiger partial charge in [0.2, 0.25) is 5.91 Å². The number of aryl methyl sites for hydroxylation is 1. The number of anilines is 1. The molecule has 1 saturated heterocycles. The van der Waals surface area contributed by atoms with Gasteiger partial charge in [-0.1, -0.05) is 13.0 Å². The van der Waals surface area contributed by atoms with Crippen molar-refractivity contribution in [1.82, 2.24) is 4.90 Å². The first-order valence-corrected chi connectivity index (χ1v) is 9.40. The van der Waals surface area contributed by atoms with Crippen molar-refractivity contribution in [1.29, 1.82) is 0 Å². The molecule has 156 valence electrons. The fourth-order valence-electron chi connectivity index (χ4n) is 3.46. The number of aliphatic hydroxyl groups is 1. The quantitative estimate of drug-likeness (QED) is 0.644. The number of amides is 1. The highest BCUT2D eigenvalue weighted by molar-refractivity contribution is 5.96. The van der Waals surface area contributed by atoms with E-state index in [1.54, 1.807) is 11.0 Å². The Kier molecular flexibility index (Phi) is 6.80. The lowest BCUT2D eigenvalue weighted by atomic mass is 9.94. The van der Waals surface area contributed by atoms with E-state index in [1.165, 1.54) is 19.1 Å². The van der Waals surface area contributed by atoms with Crippen molar-refractivity contribution in [3.63, 3.8) is 0 Å². The Morgan fingerprint density at radius 3 is 2.64 bits per heavy atom. The van der Waals surface area contributed by atoms with Crippen LogP contribution in [0.25, 0.3) is 0 Å². The van der Waals surface area contributed by atoms with Crippen LogP contribution >= 0.6 is 0 Å². The number of carbonyl (C=O) groups excluding carboxylic acids is 1. The van der Waals surface area contributed by atoms with Crippen LogP contribution in [0.4, 0.5) is 10.1 Å². The summed E-state index contributed by atoms with van der Waals surface area (Å²) >= 11 is 0. The number of benzene rings is 1.